The summed E-state index contributed by atoms with van der Waals surface area (Å²) < 4.78 is 27.8. The molecule has 20 heavy (non-hydrogen) atoms. The highest BCUT2D eigenvalue weighted by Crippen LogP contribution is 2.26. The fraction of sp³-hybridized carbons (Fsp3) is 0.133. The summed E-state index contributed by atoms with van der Waals surface area (Å²) in [6.07, 6.45) is 0. The summed E-state index contributed by atoms with van der Waals surface area (Å²) in [5.41, 5.74) is 7.99. The SMILES string of the molecule is Cc1ccc(C)c(Nc2ccc(C(N)=S)c(F)c2F)c1. The van der Waals surface area contributed by atoms with Gasteiger partial charge < -0.3 is 11.1 Å². The molecule has 5 heteroatoms. The molecule has 0 amide bonds. The zero-order valence-corrected chi connectivity index (χ0v) is 11.9. The van der Waals surface area contributed by atoms with Crippen molar-refractivity contribution < 1.29 is 8.78 Å². The van der Waals surface area contributed by atoms with Crippen molar-refractivity contribution in [2.75, 3.05) is 5.32 Å². The molecule has 0 atom stereocenters. The molecule has 3 N–H and O–H groups in total. The van der Waals surface area contributed by atoms with Crippen molar-refractivity contribution in [2.45, 2.75) is 13.8 Å². The van der Waals surface area contributed by atoms with E-state index in [1.165, 1.54) is 12.1 Å². The van der Waals surface area contributed by atoms with E-state index in [1.54, 1.807) is 0 Å². The number of hydrogen-bond donors (Lipinski definition) is 2. The number of benzene rings is 2. The number of halogens is 2. The van der Waals surface area contributed by atoms with E-state index in [1.807, 2.05) is 32.0 Å². The lowest BCUT2D eigenvalue weighted by molar-refractivity contribution is 0.510. The fourth-order valence-corrected chi connectivity index (χ4v) is 2.01. The first kappa shape index (κ1) is 14.4. The summed E-state index contributed by atoms with van der Waals surface area (Å²) in [5.74, 6) is -2.02. The van der Waals surface area contributed by atoms with Gasteiger partial charge in [-0.3, -0.25) is 0 Å². The van der Waals surface area contributed by atoms with Gasteiger partial charge in [0.2, 0.25) is 0 Å². The molecule has 2 rings (SSSR count). The average molecular weight is 292 g/mol. The minimum atomic E-state index is -1.03. The molecule has 0 saturated carbocycles. The topological polar surface area (TPSA) is 38.0 Å². The van der Waals surface area contributed by atoms with Crippen LogP contribution in [-0.2, 0) is 0 Å². The number of aryl methyl sites for hydroxylation is 2. The molecular formula is C15H14F2N2S. The normalized spacial score (nSPS) is 10.4. The highest BCUT2D eigenvalue weighted by molar-refractivity contribution is 7.80. The first-order valence-corrected chi connectivity index (χ1v) is 6.43. The monoisotopic (exact) mass is 292 g/mol. The lowest BCUT2D eigenvalue weighted by Crippen LogP contribution is -2.13. The van der Waals surface area contributed by atoms with Crippen molar-refractivity contribution in [3.8, 4) is 0 Å². The van der Waals surface area contributed by atoms with Crippen LogP contribution in [0, 0.1) is 25.5 Å². The minimum Gasteiger partial charge on any atom is -0.389 e. The van der Waals surface area contributed by atoms with E-state index in [0.717, 1.165) is 16.8 Å². The maximum Gasteiger partial charge on any atom is 0.182 e. The fourth-order valence-electron chi connectivity index (χ4n) is 1.85. The Bertz CT molecular complexity index is 684. The van der Waals surface area contributed by atoms with Gasteiger partial charge >= 0.3 is 0 Å². The Labute approximate surface area is 121 Å². The van der Waals surface area contributed by atoms with Crippen LogP contribution in [-0.4, -0.2) is 4.99 Å². The Morgan fingerprint density at radius 2 is 1.75 bits per heavy atom. The van der Waals surface area contributed by atoms with Crippen LogP contribution in [0.2, 0.25) is 0 Å². The van der Waals surface area contributed by atoms with Gasteiger partial charge in [0.1, 0.15) is 4.99 Å². The summed E-state index contributed by atoms with van der Waals surface area (Å²) in [6.45, 7) is 3.82. The molecule has 0 saturated heterocycles. The molecule has 0 unspecified atom stereocenters. The smallest absolute Gasteiger partial charge is 0.182 e. The molecule has 2 aromatic rings. The van der Waals surface area contributed by atoms with Crippen molar-refractivity contribution in [1.82, 2.24) is 0 Å². The van der Waals surface area contributed by atoms with Crippen LogP contribution in [0.1, 0.15) is 16.7 Å². The molecular weight excluding hydrogens is 278 g/mol. The summed E-state index contributed by atoms with van der Waals surface area (Å²) in [6, 6.07) is 8.53. The third-order valence-electron chi connectivity index (χ3n) is 3.01. The van der Waals surface area contributed by atoms with Gasteiger partial charge in [0.15, 0.2) is 11.6 Å². The van der Waals surface area contributed by atoms with Gasteiger partial charge in [0.05, 0.1) is 5.69 Å². The third kappa shape index (κ3) is 2.77. The molecule has 2 nitrogen and oxygen atoms in total. The number of hydrogen-bond acceptors (Lipinski definition) is 2. The van der Waals surface area contributed by atoms with Crippen molar-refractivity contribution >= 4 is 28.6 Å². The molecule has 0 aliphatic rings. The second kappa shape index (κ2) is 5.54. The van der Waals surface area contributed by atoms with E-state index in [2.05, 4.69) is 17.5 Å². The van der Waals surface area contributed by atoms with Crippen LogP contribution < -0.4 is 11.1 Å². The number of thiocarbonyl (C=S) groups is 1. The van der Waals surface area contributed by atoms with E-state index in [9.17, 15) is 8.78 Å². The first-order chi connectivity index (χ1) is 9.40. The number of nitrogens with one attached hydrogen (secondary N) is 1. The second-order valence-electron chi connectivity index (χ2n) is 4.60. The number of anilines is 2. The Morgan fingerprint density at radius 1 is 1.05 bits per heavy atom. The van der Waals surface area contributed by atoms with Gasteiger partial charge in [-0.05, 0) is 43.2 Å². The molecule has 0 aliphatic carbocycles. The van der Waals surface area contributed by atoms with Crippen LogP contribution in [0.3, 0.4) is 0 Å². The number of nitrogens with two attached hydrogens (primary N) is 1. The molecule has 0 aliphatic heterocycles. The average Bonchev–Trinajstić information content (AvgIpc) is 2.39. The van der Waals surface area contributed by atoms with Crippen LogP contribution in [0.15, 0.2) is 30.3 Å². The zero-order valence-electron chi connectivity index (χ0n) is 11.1. The highest BCUT2D eigenvalue weighted by atomic mass is 32.1. The van der Waals surface area contributed by atoms with E-state index in [-0.39, 0.29) is 16.2 Å². The van der Waals surface area contributed by atoms with E-state index in [0.29, 0.717) is 0 Å². The van der Waals surface area contributed by atoms with Crippen molar-refractivity contribution in [3.05, 3.63) is 58.7 Å². The predicted molar refractivity (Wildman–Crippen MR) is 81.4 cm³/mol. The van der Waals surface area contributed by atoms with E-state index >= 15 is 0 Å². The maximum absolute atomic E-state index is 14.0. The summed E-state index contributed by atoms with van der Waals surface area (Å²) in [5, 5.41) is 2.89. The van der Waals surface area contributed by atoms with Crippen molar-refractivity contribution in [1.29, 1.82) is 0 Å². The van der Waals surface area contributed by atoms with Gasteiger partial charge in [-0.1, -0.05) is 24.4 Å². The van der Waals surface area contributed by atoms with Gasteiger partial charge in [-0.25, -0.2) is 8.78 Å². The summed E-state index contributed by atoms with van der Waals surface area (Å²) >= 11 is 4.67. The zero-order chi connectivity index (χ0) is 14.9. The molecule has 0 fully saturated rings. The summed E-state index contributed by atoms with van der Waals surface area (Å²) in [7, 11) is 0. The maximum atomic E-state index is 14.0. The minimum absolute atomic E-state index is 0.0520. The molecule has 0 spiro atoms. The van der Waals surface area contributed by atoms with Gasteiger partial charge in [-0.15, -0.1) is 0 Å². The molecule has 0 aromatic heterocycles. The largest absolute Gasteiger partial charge is 0.389 e. The lowest BCUT2D eigenvalue weighted by atomic mass is 10.1. The van der Waals surface area contributed by atoms with Crippen molar-refractivity contribution in [3.63, 3.8) is 0 Å². The third-order valence-corrected chi connectivity index (χ3v) is 3.23. The van der Waals surface area contributed by atoms with E-state index < -0.39 is 11.6 Å². The first-order valence-electron chi connectivity index (χ1n) is 6.02. The molecule has 104 valence electrons. The van der Waals surface area contributed by atoms with Crippen LogP contribution >= 0.6 is 12.2 Å². The van der Waals surface area contributed by atoms with Gasteiger partial charge in [-0.2, -0.15) is 0 Å². The van der Waals surface area contributed by atoms with E-state index in [4.69, 9.17) is 5.73 Å². The Hall–Kier alpha value is -2.01. The number of rotatable bonds is 3. The molecule has 0 radical (unpaired) electrons. The summed E-state index contributed by atoms with van der Waals surface area (Å²) in [4.78, 5) is -0.167. The van der Waals surface area contributed by atoms with Gasteiger partial charge in [0, 0.05) is 11.3 Å². The highest BCUT2D eigenvalue weighted by Gasteiger charge is 2.15. The van der Waals surface area contributed by atoms with Crippen LogP contribution in [0.4, 0.5) is 20.2 Å². The van der Waals surface area contributed by atoms with Crippen molar-refractivity contribution in [2.24, 2.45) is 5.73 Å². The Kier molecular flexibility index (Phi) is 3.99. The molecule has 0 heterocycles. The Morgan fingerprint density at radius 3 is 2.40 bits per heavy atom. The van der Waals surface area contributed by atoms with Crippen LogP contribution in [0.25, 0.3) is 0 Å². The molecule has 0 bridgehead atoms. The standard InChI is InChI=1S/C15H14F2N2S/c1-8-3-4-9(2)12(7-8)19-11-6-5-10(15(18)20)13(16)14(11)17/h3-7,19H,1-2H3,(H2,18,20). The van der Waals surface area contributed by atoms with Crippen LogP contribution in [0.5, 0.6) is 0 Å². The lowest BCUT2D eigenvalue weighted by Gasteiger charge is -2.13. The Balaban J connectivity index is 2.42. The quantitative estimate of drug-likeness (QED) is 0.841. The predicted octanol–water partition coefficient (Wildman–Crippen LogP) is 3.96. The van der Waals surface area contributed by atoms with Gasteiger partial charge in [0.25, 0.3) is 0 Å². The molecule has 2 aromatic carbocycles. The second-order valence-corrected chi connectivity index (χ2v) is 5.04.